The molecule has 1 saturated carbocycles. The van der Waals surface area contributed by atoms with Crippen molar-refractivity contribution >= 4 is 17.3 Å². The lowest BCUT2D eigenvalue weighted by Gasteiger charge is -2.22. The van der Waals surface area contributed by atoms with E-state index in [1.807, 2.05) is 6.92 Å². The fourth-order valence-electron chi connectivity index (χ4n) is 2.94. The molecule has 3 N–H and O–H groups in total. The zero-order valence-electron chi connectivity index (χ0n) is 12.4. The molecule has 0 radical (unpaired) electrons. The van der Waals surface area contributed by atoms with Crippen LogP contribution in [0.2, 0.25) is 0 Å². The Kier molecular flexibility index (Phi) is 4.27. The van der Waals surface area contributed by atoms with Crippen LogP contribution in [0.1, 0.15) is 43.2 Å². The van der Waals surface area contributed by atoms with Crippen LogP contribution < -0.4 is 11.1 Å². The Balaban J connectivity index is 2.13. The van der Waals surface area contributed by atoms with Gasteiger partial charge in [0, 0.05) is 23.6 Å². The van der Waals surface area contributed by atoms with E-state index in [4.69, 9.17) is 5.73 Å². The number of nitro benzene ring substituents is 1. The van der Waals surface area contributed by atoms with E-state index in [1.54, 1.807) is 13.0 Å². The van der Waals surface area contributed by atoms with Crippen LogP contribution in [0.25, 0.3) is 0 Å². The summed E-state index contributed by atoms with van der Waals surface area (Å²) in [7, 11) is 0. The third-order valence-corrected chi connectivity index (χ3v) is 4.13. The minimum Gasteiger partial charge on any atom is -0.326 e. The molecule has 0 aliphatic heterocycles. The number of rotatable bonds is 4. The van der Waals surface area contributed by atoms with Crippen LogP contribution in [-0.2, 0) is 4.79 Å². The van der Waals surface area contributed by atoms with Crippen molar-refractivity contribution in [1.29, 1.82) is 0 Å². The Labute approximate surface area is 123 Å². The fourth-order valence-corrected chi connectivity index (χ4v) is 2.94. The number of hydrogen-bond donors (Lipinski definition) is 2. The molecule has 1 amide bonds. The summed E-state index contributed by atoms with van der Waals surface area (Å²) >= 11 is 0. The number of carbonyl (C=O) groups is 1. The quantitative estimate of drug-likeness (QED) is 0.658. The minimum absolute atomic E-state index is 0.0132. The van der Waals surface area contributed by atoms with Gasteiger partial charge in [0.15, 0.2) is 0 Å². The molecule has 2 rings (SSSR count). The number of aryl methyl sites for hydroxylation is 2. The number of hydrogen-bond acceptors (Lipinski definition) is 4. The molecular weight excluding hydrogens is 270 g/mol. The molecule has 1 fully saturated rings. The number of nitro groups is 1. The highest BCUT2D eigenvalue weighted by atomic mass is 16.6. The monoisotopic (exact) mass is 291 g/mol. The second kappa shape index (κ2) is 5.81. The number of nitrogens with one attached hydrogen (secondary N) is 1. The lowest BCUT2D eigenvalue weighted by atomic mass is 9.94. The average molecular weight is 291 g/mol. The Bertz CT molecular complexity index is 578. The predicted octanol–water partition coefficient (Wildman–Crippen LogP) is 2.81. The van der Waals surface area contributed by atoms with Gasteiger partial charge in [-0.3, -0.25) is 14.9 Å². The van der Waals surface area contributed by atoms with Gasteiger partial charge in [0.25, 0.3) is 5.69 Å². The van der Waals surface area contributed by atoms with E-state index in [2.05, 4.69) is 5.32 Å². The first-order chi connectivity index (χ1) is 9.81. The fraction of sp³-hybridized carbons (Fsp3) is 0.533. The second-order valence-corrected chi connectivity index (χ2v) is 6.01. The van der Waals surface area contributed by atoms with Gasteiger partial charge in [-0.2, -0.15) is 0 Å². The van der Waals surface area contributed by atoms with Crippen LogP contribution >= 0.6 is 0 Å². The van der Waals surface area contributed by atoms with Gasteiger partial charge in [0.05, 0.1) is 10.6 Å². The summed E-state index contributed by atoms with van der Waals surface area (Å²) < 4.78 is 0. The first-order valence-electron chi connectivity index (χ1n) is 7.15. The molecule has 1 aliphatic carbocycles. The maximum Gasteiger partial charge on any atom is 0.274 e. The molecule has 1 aliphatic rings. The van der Waals surface area contributed by atoms with Crippen molar-refractivity contribution in [3.63, 3.8) is 0 Å². The van der Waals surface area contributed by atoms with Crippen LogP contribution in [0, 0.1) is 24.0 Å². The van der Waals surface area contributed by atoms with Gasteiger partial charge in [0.2, 0.25) is 5.91 Å². The largest absolute Gasteiger partial charge is 0.326 e. The number of amides is 1. The molecule has 6 nitrogen and oxygen atoms in total. The van der Waals surface area contributed by atoms with E-state index in [-0.39, 0.29) is 18.0 Å². The van der Waals surface area contributed by atoms with Gasteiger partial charge in [-0.15, -0.1) is 0 Å². The zero-order chi connectivity index (χ0) is 15.6. The number of anilines is 1. The molecule has 0 bridgehead atoms. The molecule has 6 heteroatoms. The Morgan fingerprint density at radius 3 is 2.52 bits per heavy atom. The molecule has 1 aromatic rings. The maximum absolute atomic E-state index is 12.1. The first kappa shape index (κ1) is 15.4. The standard InChI is InChI=1S/C15H21N3O3/c1-10-7-11(2)13(18(20)21)8-12(10)17-14(19)9-15(16)5-3-4-6-15/h7-8H,3-6,9,16H2,1-2H3,(H,17,19). The summed E-state index contributed by atoms with van der Waals surface area (Å²) in [6.45, 7) is 3.50. The zero-order valence-corrected chi connectivity index (χ0v) is 12.4. The molecule has 114 valence electrons. The number of carbonyl (C=O) groups excluding carboxylic acids is 1. The van der Waals surface area contributed by atoms with Crippen molar-refractivity contribution in [2.75, 3.05) is 5.32 Å². The highest BCUT2D eigenvalue weighted by Crippen LogP contribution is 2.31. The number of benzene rings is 1. The maximum atomic E-state index is 12.1. The molecule has 0 unspecified atom stereocenters. The molecule has 21 heavy (non-hydrogen) atoms. The Hall–Kier alpha value is -1.95. The molecule has 0 spiro atoms. The summed E-state index contributed by atoms with van der Waals surface area (Å²) in [5.41, 5.74) is 7.66. The molecule has 0 heterocycles. The SMILES string of the molecule is Cc1cc(C)c([N+](=O)[O-])cc1NC(=O)CC1(N)CCCC1. The third kappa shape index (κ3) is 3.58. The number of nitrogens with two attached hydrogens (primary N) is 1. The van der Waals surface area contributed by atoms with Gasteiger partial charge in [0.1, 0.15) is 0 Å². The Morgan fingerprint density at radius 1 is 1.33 bits per heavy atom. The van der Waals surface area contributed by atoms with Gasteiger partial charge < -0.3 is 11.1 Å². The van der Waals surface area contributed by atoms with Crippen molar-refractivity contribution in [3.8, 4) is 0 Å². The minimum atomic E-state index is -0.439. The van der Waals surface area contributed by atoms with E-state index >= 15 is 0 Å². The average Bonchev–Trinajstić information content (AvgIpc) is 2.78. The van der Waals surface area contributed by atoms with Crippen molar-refractivity contribution in [2.45, 2.75) is 51.5 Å². The van der Waals surface area contributed by atoms with Crippen LogP contribution in [0.15, 0.2) is 12.1 Å². The molecule has 0 saturated heterocycles. The van der Waals surface area contributed by atoms with Crippen LogP contribution in [0.3, 0.4) is 0 Å². The summed E-state index contributed by atoms with van der Waals surface area (Å²) in [6, 6.07) is 3.13. The molecule has 1 aromatic carbocycles. The summed E-state index contributed by atoms with van der Waals surface area (Å²) in [4.78, 5) is 22.7. The lowest BCUT2D eigenvalue weighted by molar-refractivity contribution is -0.385. The molecule has 0 aromatic heterocycles. The Morgan fingerprint density at radius 2 is 1.95 bits per heavy atom. The first-order valence-corrected chi connectivity index (χ1v) is 7.15. The number of nitrogens with zero attached hydrogens (tertiary/aromatic N) is 1. The van der Waals surface area contributed by atoms with Crippen LogP contribution in [0.5, 0.6) is 0 Å². The summed E-state index contributed by atoms with van der Waals surface area (Å²) in [6.07, 6.45) is 4.08. The highest BCUT2D eigenvalue weighted by molar-refractivity contribution is 5.92. The van der Waals surface area contributed by atoms with Crippen molar-refractivity contribution in [2.24, 2.45) is 5.73 Å². The van der Waals surface area contributed by atoms with E-state index < -0.39 is 10.5 Å². The van der Waals surface area contributed by atoms with E-state index in [1.165, 1.54) is 6.07 Å². The van der Waals surface area contributed by atoms with Crippen molar-refractivity contribution in [1.82, 2.24) is 0 Å². The van der Waals surface area contributed by atoms with Crippen molar-refractivity contribution < 1.29 is 9.72 Å². The van der Waals surface area contributed by atoms with Crippen LogP contribution in [-0.4, -0.2) is 16.4 Å². The van der Waals surface area contributed by atoms with Gasteiger partial charge in [-0.1, -0.05) is 12.8 Å². The summed E-state index contributed by atoms with van der Waals surface area (Å²) in [5.74, 6) is -0.180. The van der Waals surface area contributed by atoms with Gasteiger partial charge >= 0.3 is 0 Å². The normalized spacial score (nSPS) is 16.7. The molecule has 0 atom stereocenters. The van der Waals surface area contributed by atoms with E-state index in [9.17, 15) is 14.9 Å². The summed E-state index contributed by atoms with van der Waals surface area (Å²) in [5, 5.41) is 13.7. The third-order valence-electron chi connectivity index (χ3n) is 4.13. The van der Waals surface area contributed by atoms with Gasteiger partial charge in [-0.05, 0) is 38.3 Å². The van der Waals surface area contributed by atoms with E-state index in [0.717, 1.165) is 31.2 Å². The highest BCUT2D eigenvalue weighted by Gasteiger charge is 2.31. The van der Waals surface area contributed by atoms with Crippen LogP contribution in [0.4, 0.5) is 11.4 Å². The van der Waals surface area contributed by atoms with Crippen molar-refractivity contribution in [3.05, 3.63) is 33.4 Å². The second-order valence-electron chi connectivity index (χ2n) is 6.01. The smallest absolute Gasteiger partial charge is 0.274 e. The van der Waals surface area contributed by atoms with Gasteiger partial charge in [-0.25, -0.2) is 0 Å². The topological polar surface area (TPSA) is 98.3 Å². The lowest BCUT2D eigenvalue weighted by Crippen LogP contribution is -2.40. The predicted molar refractivity (Wildman–Crippen MR) is 81.2 cm³/mol. The van der Waals surface area contributed by atoms with E-state index in [0.29, 0.717) is 11.3 Å². The molecular formula is C15H21N3O3.